The molecule has 0 aliphatic rings. The van der Waals surface area contributed by atoms with Crippen molar-refractivity contribution in [3.8, 4) is 50.5 Å². The van der Waals surface area contributed by atoms with Gasteiger partial charge in [-0.25, -0.2) is 4.98 Å². The minimum atomic E-state index is 0.946. The molecule has 7 aromatic rings. The molecular weight excluding hydrogens is 472 g/mol. The monoisotopic (exact) mass is 498 g/mol. The Morgan fingerprint density at radius 2 is 0.795 bits per heavy atom. The van der Waals surface area contributed by atoms with Gasteiger partial charge in [0.05, 0.1) is 11.0 Å². The Morgan fingerprint density at radius 3 is 1.33 bits per heavy atom. The molecule has 0 amide bonds. The Kier molecular flexibility index (Phi) is 5.84. The van der Waals surface area contributed by atoms with Crippen molar-refractivity contribution in [2.24, 2.45) is 0 Å². The zero-order chi connectivity index (χ0) is 26.0. The van der Waals surface area contributed by atoms with Crippen molar-refractivity contribution < 1.29 is 0 Å². The molecular formula is C37H26N2. The number of fused-ring (bicyclic) bond motifs is 1. The Bertz CT molecular complexity index is 1810. The first-order valence-electron chi connectivity index (χ1n) is 13.2. The van der Waals surface area contributed by atoms with Crippen molar-refractivity contribution in [3.63, 3.8) is 0 Å². The lowest BCUT2D eigenvalue weighted by Gasteiger charge is -2.13. The van der Waals surface area contributed by atoms with Crippen LogP contribution in [0.3, 0.4) is 0 Å². The van der Waals surface area contributed by atoms with Crippen LogP contribution in [0.5, 0.6) is 0 Å². The molecule has 1 heterocycles. The Balaban J connectivity index is 1.35. The SMILES string of the molecule is c1ccc(-c2cc(-c3ccccc3)cc(-c3ccc(-n4c(-c5ccccc5)nc5ccccc54)cc3)c2)cc1. The topological polar surface area (TPSA) is 17.8 Å². The predicted octanol–water partition coefficient (Wildman–Crippen LogP) is 9.69. The summed E-state index contributed by atoms with van der Waals surface area (Å²) < 4.78 is 2.25. The van der Waals surface area contributed by atoms with Crippen molar-refractivity contribution in [2.45, 2.75) is 0 Å². The highest BCUT2D eigenvalue weighted by atomic mass is 15.1. The van der Waals surface area contributed by atoms with Gasteiger partial charge in [-0.1, -0.05) is 115 Å². The van der Waals surface area contributed by atoms with E-state index in [1.807, 2.05) is 12.1 Å². The average molecular weight is 499 g/mol. The number of para-hydroxylation sites is 2. The average Bonchev–Trinajstić information content (AvgIpc) is 3.42. The van der Waals surface area contributed by atoms with Gasteiger partial charge < -0.3 is 0 Å². The summed E-state index contributed by atoms with van der Waals surface area (Å²) >= 11 is 0. The second-order valence-corrected chi connectivity index (χ2v) is 9.70. The number of hydrogen-bond acceptors (Lipinski definition) is 1. The van der Waals surface area contributed by atoms with Crippen LogP contribution in [-0.4, -0.2) is 9.55 Å². The Labute approximate surface area is 228 Å². The molecule has 0 N–H and O–H groups in total. The van der Waals surface area contributed by atoms with Gasteiger partial charge in [-0.3, -0.25) is 4.57 Å². The molecule has 184 valence electrons. The van der Waals surface area contributed by atoms with Crippen molar-refractivity contribution in [2.75, 3.05) is 0 Å². The van der Waals surface area contributed by atoms with E-state index in [1.165, 1.54) is 33.4 Å². The molecule has 6 aromatic carbocycles. The number of benzene rings is 6. The molecule has 39 heavy (non-hydrogen) atoms. The van der Waals surface area contributed by atoms with Crippen molar-refractivity contribution in [3.05, 3.63) is 158 Å². The van der Waals surface area contributed by atoms with E-state index in [1.54, 1.807) is 0 Å². The molecule has 0 aliphatic carbocycles. The summed E-state index contributed by atoms with van der Waals surface area (Å²) in [4.78, 5) is 4.99. The van der Waals surface area contributed by atoms with E-state index in [0.717, 1.165) is 28.1 Å². The van der Waals surface area contributed by atoms with E-state index in [9.17, 15) is 0 Å². The fourth-order valence-electron chi connectivity index (χ4n) is 5.26. The number of imidazole rings is 1. The number of aromatic nitrogens is 2. The van der Waals surface area contributed by atoms with Crippen LogP contribution >= 0.6 is 0 Å². The smallest absolute Gasteiger partial charge is 0.145 e. The zero-order valence-electron chi connectivity index (χ0n) is 21.4. The summed E-state index contributed by atoms with van der Waals surface area (Å²) in [6.45, 7) is 0. The van der Waals surface area contributed by atoms with Crippen LogP contribution in [0.4, 0.5) is 0 Å². The van der Waals surface area contributed by atoms with Crippen LogP contribution in [0.1, 0.15) is 0 Å². The van der Waals surface area contributed by atoms with Gasteiger partial charge in [0.2, 0.25) is 0 Å². The molecule has 0 bridgehead atoms. The minimum Gasteiger partial charge on any atom is -0.292 e. The molecule has 2 nitrogen and oxygen atoms in total. The van der Waals surface area contributed by atoms with E-state index in [2.05, 4.69) is 150 Å². The van der Waals surface area contributed by atoms with Gasteiger partial charge in [-0.2, -0.15) is 0 Å². The van der Waals surface area contributed by atoms with Crippen LogP contribution in [0.15, 0.2) is 158 Å². The van der Waals surface area contributed by atoms with E-state index in [0.29, 0.717) is 0 Å². The van der Waals surface area contributed by atoms with Crippen LogP contribution in [0.2, 0.25) is 0 Å². The fraction of sp³-hybridized carbons (Fsp3) is 0. The standard InChI is InChI=1S/C37H26N2/c1-4-12-27(13-5-1)31-24-32(28-14-6-2-7-15-28)26-33(25-31)29-20-22-34(23-21-29)39-36-19-11-10-18-35(36)38-37(39)30-16-8-3-9-17-30/h1-26H. The summed E-state index contributed by atoms with van der Waals surface area (Å²) in [7, 11) is 0. The molecule has 0 atom stereocenters. The highest BCUT2D eigenvalue weighted by molar-refractivity contribution is 5.84. The third kappa shape index (κ3) is 4.43. The summed E-state index contributed by atoms with van der Waals surface area (Å²) in [6.07, 6.45) is 0. The highest BCUT2D eigenvalue weighted by Gasteiger charge is 2.14. The predicted molar refractivity (Wildman–Crippen MR) is 163 cm³/mol. The van der Waals surface area contributed by atoms with E-state index >= 15 is 0 Å². The third-order valence-electron chi connectivity index (χ3n) is 7.20. The van der Waals surface area contributed by atoms with Gasteiger partial charge >= 0.3 is 0 Å². The lowest BCUT2D eigenvalue weighted by atomic mass is 9.93. The summed E-state index contributed by atoms with van der Waals surface area (Å²) in [5, 5.41) is 0. The van der Waals surface area contributed by atoms with Crippen molar-refractivity contribution in [1.82, 2.24) is 9.55 Å². The van der Waals surface area contributed by atoms with Crippen molar-refractivity contribution in [1.29, 1.82) is 0 Å². The molecule has 0 saturated heterocycles. The number of rotatable bonds is 5. The molecule has 1 aromatic heterocycles. The second kappa shape index (κ2) is 9.92. The van der Waals surface area contributed by atoms with E-state index in [-0.39, 0.29) is 0 Å². The van der Waals surface area contributed by atoms with Crippen LogP contribution in [-0.2, 0) is 0 Å². The third-order valence-corrected chi connectivity index (χ3v) is 7.20. The van der Waals surface area contributed by atoms with Crippen LogP contribution in [0.25, 0.3) is 61.5 Å². The van der Waals surface area contributed by atoms with Crippen LogP contribution < -0.4 is 0 Å². The van der Waals surface area contributed by atoms with E-state index < -0.39 is 0 Å². The summed E-state index contributed by atoms with van der Waals surface area (Å²) in [5.74, 6) is 0.946. The number of nitrogens with zero attached hydrogens (tertiary/aromatic N) is 2. The van der Waals surface area contributed by atoms with Crippen LogP contribution in [0, 0.1) is 0 Å². The Hall–Kier alpha value is -5.21. The quantitative estimate of drug-likeness (QED) is 0.231. The maximum absolute atomic E-state index is 4.99. The largest absolute Gasteiger partial charge is 0.292 e. The lowest BCUT2D eigenvalue weighted by Crippen LogP contribution is -1.97. The fourth-order valence-corrected chi connectivity index (χ4v) is 5.26. The molecule has 0 aliphatic heterocycles. The molecule has 0 unspecified atom stereocenters. The van der Waals surface area contributed by atoms with Gasteiger partial charge in [0.25, 0.3) is 0 Å². The summed E-state index contributed by atoms with van der Waals surface area (Å²) in [5.41, 5.74) is 11.5. The van der Waals surface area contributed by atoms with E-state index in [4.69, 9.17) is 4.98 Å². The van der Waals surface area contributed by atoms with Gasteiger partial charge in [0, 0.05) is 11.3 Å². The maximum atomic E-state index is 4.99. The molecule has 0 fully saturated rings. The number of hydrogen-bond donors (Lipinski definition) is 0. The second-order valence-electron chi connectivity index (χ2n) is 9.70. The van der Waals surface area contributed by atoms with Gasteiger partial charge in [0.1, 0.15) is 5.82 Å². The first-order chi connectivity index (χ1) is 19.3. The maximum Gasteiger partial charge on any atom is 0.145 e. The van der Waals surface area contributed by atoms with Crippen molar-refractivity contribution >= 4 is 11.0 Å². The normalized spacial score (nSPS) is 11.1. The highest BCUT2D eigenvalue weighted by Crippen LogP contribution is 2.34. The zero-order valence-corrected chi connectivity index (χ0v) is 21.4. The first-order valence-corrected chi connectivity index (χ1v) is 13.2. The minimum absolute atomic E-state index is 0.946. The molecule has 0 spiro atoms. The summed E-state index contributed by atoms with van der Waals surface area (Å²) in [6, 6.07) is 55.6. The van der Waals surface area contributed by atoms with Gasteiger partial charge in [-0.15, -0.1) is 0 Å². The molecule has 7 rings (SSSR count). The molecule has 2 heteroatoms. The van der Waals surface area contributed by atoms with Gasteiger partial charge in [0.15, 0.2) is 0 Å². The Morgan fingerprint density at radius 1 is 0.359 bits per heavy atom. The van der Waals surface area contributed by atoms with Gasteiger partial charge in [-0.05, 0) is 75.8 Å². The molecule has 0 radical (unpaired) electrons. The molecule has 0 saturated carbocycles. The lowest BCUT2D eigenvalue weighted by molar-refractivity contribution is 1.10. The first kappa shape index (κ1) is 22.9.